The molecule has 0 atom stereocenters. The smallest absolute Gasteiger partial charge is 0.366 e. The highest BCUT2D eigenvalue weighted by atomic mass is 35.5. The normalized spacial score (nSPS) is 12.0. The molecule has 0 aromatic heterocycles. The van der Waals surface area contributed by atoms with Crippen LogP contribution in [0.2, 0.25) is 15.1 Å². The molecule has 0 saturated heterocycles. The highest BCUT2D eigenvalue weighted by Gasteiger charge is 2.33. The first-order chi connectivity index (χ1) is 12.1. The van der Waals surface area contributed by atoms with E-state index < -0.39 is 11.7 Å². The van der Waals surface area contributed by atoms with Gasteiger partial charge in [0.1, 0.15) is 0 Å². The van der Waals surface area contributed by atoms with E-state index in [-0.39, 0.29) is 11.4 Å². The average molecular weight is 424 g/mol. The first-order valence-corrected chi connectivity index (χ1v) is 8.83. The summed E-state index contributed by atoms with van der Waals surface area (Å²) in [5, 5.41) is 0.412. The van der Waals surface area contributed by atoms with Crippen molar-refractivity contribution in [3.63, 3.8) is 0 Å². The lowest BCUT2D eigenvalue weighted by atomic mass is 10.0. The summed E-state index contributed by atoms with van der Waals surface area (Å²) in [5.41, 5.74) is 0.659. The van der Waals surface area contributed by atoms with Gasteiger partial charge < -0.3 is 4.90 Å². The van der Waals surface area contributed by atoms with Crippen LogP contribution in [0.3, 0.4) is 0 Å². The van der Waals surface area contributed by atoms with E-state index in [0.717, 1.165) is 12.6 Å². The molecule has 2 aromatic carbocycles. The van der Waals surface area contributed by atoms with Crippen molar-refractivity contribution in [3.8, 4) is 0 Å². The van der Waals surface area contributed by atoms with Gasteiger partial charge in [-0.1, -0.05) is 40.9 Å². The zero-order chi connectivity index (χ0) is 19.5. The van der Waals surface area contributed by atoms with E-state index in [1.807, 2.05) is 18.9 Å². The minimum absolute atomic E-state index is 0.192. The quantitative estimate of drug-likeness (QED) is 0.378. The molecular weight excluding hydrogens is 408 g/mol. The molecule has 140 valence electrons. The van der Waals surface area contributed by atoms with Crippen molar-refractivity contribution in [1.29, 1.82) is 0 Å². The van der Waals surface area contributed by atoms with Crippen LogP contribution >= 0.6 is 34.8 Å². The predicted octanol–water partition coefficient (Wildman–Crippen LogP) is 6.87. The van der Waals surface area contributed by atoms with Crippen LogP contribution in [0.25, 0.3) is 0 Å². The van der Waals surface area contributed by atoms with Gasteiger partial charge in [0.05, 0.1) is 27.6 Å². The molecule has 26 heavy (non-hydrogen) atoms. The molecule has 0 aliphatic rings. The molecule has 0 N–H and O–H groups in total. The van der Waals surface area contributed by atoms with Gasteiger partial charge in [0.15, 0.2) is 0 Å². The van der Waals surface area contributed by atoms with E-state index >= 15 is 0 Å². The van der Waals surface area contributed by atoms with Gasteiger partial charge in [-0.15, -0.1) is 0 Å². The Balaban J connectivity index is 2.31. The molecule has 0 heterocycles. The zero-order valence-electron chi connectivity index (χ0n) is 14.0. The summed E-state index contributed by atoms with van der Waals surface area (Å²) >= 11 is 18.1. The standard InChI is InChI=1S/C18H16Cl3F3N2/c1-3-26(2)10-25-17-9-15(20)12(8-16(17)21)6-11-4-5-14(19)13(7-11)18(22,23)24/h4-5,7-10H,3,6H2,1-2H3/b25-10-. The van der Waals surface area contributed by atoms with Gasteiger partial charge in [-0.25, -0.2) is 4.99 Å². The first-order valence-electron chi connectivity index (χ1n) is 7.69. The molecule has 2 nitrogen and oxygen atoms in total. The maximum atomic E-state index is 13.0. The Morgan fingerprint density at radius 2 is 1.73 bits per heavy atom. The van der Waals surface area contributed by atoms with E-state index in [0.29, 0.717) is 26.9 Å². The summed E-state index contributed by atoms with van der Waals surface area (Å²) in [7, 11) is 1.87. The second kappa shape index (κ2) is 8.51. The highest BCUT2D eigenvalue weighted by molar-refractivity contribution is 6.35. The summed E-state index contributed by atoms with van der Waals surface area (Å²) < 4.78 is 39.0. The van der Waals surface area contributed by atoms with Crippen molar-refractivity contribution in [1.82, 2.24) is 4.90 Å². The molecule has 0 bridgehead atoms. The third kappa shape index (κ3) is 5.29. The monoisotopic (exact) mass is 422 g/mol. The van der Waals surface area contributed by atoms with Crippen LogP contribution in [0.15, 0.2) is 35.3 Å². The van der Waals surface area contributed by atoms with Crippen molar-refractivity contribution < 1.29 is 13.2 Å². The Kier molecular flexibility index (Phi) is 6.83. The number of hydrogen-bond donors (Lipinski definition) is 0. The van der Waals surface area contributed by atoms with Crippen molar-refractivity contribution in [2.24, 2.45) is 4.99 Å². The van der Waals surface area contributed by atoms with E-state index in [4.69, 9.17) is 34.8 Å². The Morgan fingerprint density at radius 3 is 2.35 bits per heavy atom. The largest absolute Gasteiger partial charge is 0.417 e. The van der Waals surface area contributed by atoms with Crippen LogP contribution < -0.4 is 0 Å². The van der Waals surface area contributed by atoms with Crippen molar-refractivity contribution in [2.45, 2.75) is 19.5 Å². The fourth-order valence-corrected chi connectivity index (χ4v) is 2.86. The molecule has 0 radical (unpaired) electrons. The fourth-order valence-electron chi connectivity index (χ4n) is 2.17. The lowest BCUT2D eigenvalue weighted by molar-refractivity contribution is -0.137. The molecule has 2 aromatic rings. The highest BCUT2D eigenvalue weighted by Crippen LogP contribution is 2.37. The van der Waals surface area contributed by atoms with Gasteiger partial charge in [0.2, 0.25) is 0 Å². The van der Waals surface area contributed by atoms with Crippen LogP contribution in [0, 0.1) is 0 Å². The van der Waals surface area contributed by atoms with Gasteiger partial charge in [-0.05, 0) is 48.7 Å². The fraction of sp³-hybridized carbons (Fsp3) is 0.278. The third-order valence-corrected chi connectivity index (χ3v) is 4.72. The van der Waals surface area contributed by atoms with Crippen molar-refractivity contribution >= 4 is 46.8 Å². The maximum absolute atomic E-state index is 13.0. The number of rotatable bonds is 5. The molecule has 0 aliphatic carbocycles. The number of benzene rings is 2. The number of alkyl halides is 3. The van der Waals surface area contributed by atoms with Crippen LogP contribution in [-0.2, 0) is 12.6 Å². The van der Waals surface area contributed by atoms with E-state index in [1.165, 1.54) is 12.1 Å². The summed E-state index contributed by atoms with van der Waals surface area (Å²) in [6, 6.07) is 7.00. The lowest BCUT2D eigenvalue weighted by Crippen LogP contribution is -2.14. The van der Waals surface area contributed by atoms with Gasteiger partial charge in [0, 0.05) is 18.6 Å². The summed E-state index contributed by atoms with van der Waals surface area (Å²) in [5.74, 6) is 0. The molecule has 2 rings (SSSR count). The van der Waals surface area contributed by atoms with Crippen molar-refractivity contribution in [3.05, 3.63) is 62.1 Å². The minimum atomic E-state index is -4.52. The molecule has 8 heteroatoms. The van der Waals surface area contributed by atoms with Crippen LogP contribution in [0.1, 0.15) is 23.6 Å². The third-order valence-electron chi connectivity index (χ3n) is 3.74. The molecule has 0 aliphatic heterocycles. The van der Waals surface area contributed by atoms with Gasteiger partial charge in [0.25, 0.3) is 0 Å². The minimum Gasteiger partial charge on any atom is -0.366 e. The summed E-state index contributed by atoms with van der Waals surface area (Å²) in [4.78, 5) is 6.13. The molecule has 0 saturated carbocycles. The van der Waals surface area contributed by atoms with Gasteiger partial charge >= 0.3 is 6.18 Å². The molecule has 0 fully saturated rings. The number of nitrogens with zero attached hydrogens (tertiary/aromatic N) is 2. The Hall–Kier alpha value is -1.43. The van der Waals surface area contributed by atoms with E-state index in [1.54, 1.807) is 18.5 Å². The molecule has 0 amide bonds. The average Bonchev–Trinajstić information content (AvgIpc) is 2.56. The van der Waals surface area contributed by atoms with E-state index in [2.05, 4.69) is 4.99 Å². The van der Waals surface area contributed by atoms with Crippen LogP contribution in [0.4, 0.5) is 18.9 Å². The number of aliphatic imine (C=N–C) groups is 1. The second-order valence-corrected chi connectivity index (χ2v) is 6.92. The molecule has 0 unspecified atom stereocenters. The summed E-state index contributed by atoms with van der Waals surface area (Å²) in [6.07, 6.45) is -2.69. The SMILES string of the molecule is CCN(C)/C=N\c1cc(Cl)c(Cc2ccc(Cl)c(C(F)(F)F)c2)cc1Cl. The lowest BCUT2D eigenvalue weighted by Gasteiger charge is -2.13. The van der Waals surface area contributed by atoms with Crippen LogP contribution in [-0.4, -0.2) is 24.8 Å². The summed E-state index contributed by atoms with van der Waals surface area (Å²) in [6.45, 7) is 2.76. The second-order valence-electron chi connectivity index (χ2n) is 5.70. The Morgan fingerprint density at radius 1 is 1.04 bits per heavy atom. The van der Waals surface area contributed by atoms with Gasteiger partial charge in [-0.3, -0.25) is 0 Å². The molecule has 0 spiro atoms. The van der Waals surface area contributed by atoms with Crippen LogP contribution in [0.5, 0.6) is 0 Å². The van der Waals surface area contributed by atoms with E-state index in [9.17, 15) is 13.2 Å². The first kappa shape index (κ1) is 20.9. The Bertz CT molecular complexity index is 820. The number of hydrogen-bond acceptors (Lipinski definition) is 1. The zero-order valence-corrected chi connectivity index (χ0v) is 16.3. The topological polar surface area (TPSA) is 15.6 Å². The van der Waals surface area contributed by atoms with Crippen molar-refractivity contribution in [2.75, 3.05) is 13.6 Å². The Labute approximate surface area is 165 Å². The maximum Gasteiger partial charge on any atom is 0.417 e. The predicted molar refractivity (Wildman–Crippen MR) is 102 cm³/mol. The number of halogens is 6. The van der Waals surface area contributed by atoms with Gasteiger partial charge in [-0.2, -0.15) is 13.2 Å². The molecular formula is C18H16Cl3F3N2.